The number of aryl methyl sites for hydroxylation is 1. The van der Waals surface area contributed by atoms with Crippen LogP contribution in [0.5, 0.6) is 0 Å². The highest BCUT2D eigenvalue weighted by atomic mass is 35.5. The summed E-state index contributed by atoms with van der Waals surface area (Å²) in [5.74, 6) is 0.538. The molecule has 12 heavy (non-hydrogen) atoms. The van der Waals surface area contributed by atoms with Crippen LogP contribution in [0.25, 0.3) is 0 Å². The maximum Gasteiger partial charge on any atom is 0.156 e. The number of aldehydes is 1. The lowest BCUT2D eigenvalue weighted by atomic mass is 10.3. The number of hydrogen-bond donors (Lipinski definition) is 0. The molecule has 0 amide bonds. The van der Waals surface area contributed by atoms with Crippen molar-refractivity contribution in [3.8, 4) is 0 Å². The third-order valence-electron chi connectivity index (χ3n) is 1.33. The first-order chi connectivity index (χ1) is 5.69. The molecule has 0 atom stereocenters. The van der Waals surface area contributed by atoms with Crippen LogP contribution < -0.4 is 0 Å². The van der Waals surface area contributed by atoms with Crippen LogP contribution in [0.1, 0.15) is 23.1 Å². The zero-order chi connectivity index (χ0) is 9.14. The van der Waals surface area contributed by atoms with E-state index in [1.807, 2.05) is 6.92 Å². The minimum absolute atomic E-state index is 0.113. The van der Waals surface area contributed by atoms with Crippen LogP contribution in [0.2, 0.25) is 10.3 Å². The second kappa shape index (κ2) is 3.83. The normalized spacial score (nSPS) is 9.92. The molecule has 0 spiro atoms. The minimum Gasteiger partial charge on any atom is -0.298 e. The van der Waals surface area contributed by atoms with E-state index in [1.54, 1.807) is 0 Å². The van der Waals surface area contributed by atoms with E-state index in [9.17, 15) is 4.79 Å². The predicted octanol–water partition coefficient (Wildman–Crippen LogP) is 2.16. The van der Waals surface area contributed by atoms with Crippen molar-refractivity contribution in [2.75, 3.05) is 0 Å². The van der Waals surface area contributed by atoms with E-state index in [2.05, 4.69) is 9.97 Å². The second-order valence-electron chi connectivity index (χ2n) is 2.11. The molecule has 3 nitrogen and oxygen atoms in total. The number of carbonyl (C=O) groups excluding carboxylic acids is 1. The van der Waals surface area contributed by atoms with Crippen molar-refractivity contribution in [2.45, 2.75) is 13.3 Å². The molecule has 0 N–H and O–H groups in total. The van der Waals surface area contributed by atoms with Gasteiger partial charge in [-0.15, -0.1) is 0 Å². The van der Waals surface area contributed by atoms with Crippen molar-refractivity contribution in [1.82, 2.24) is 9.97 Å². The highest BCUT2D eigenvalue weighted by Crippen LogP contribution is 2.18. The molecule has 0 bridgehead atoms. The van der Waals surface area contributed by atoms with E-state index in [0.29, 0.717) is 18.5 Å². The molecule has 0 aromatic carbocycles. The fourth-order valence-electron chi connectivity index (χ4n) is 0.713. The van der Waals surface area contributed by atoms with Crippen LogP contribution in [0.3, 0.4) is 0 Å². The Bertz CT molecular complexity index is 291. The Hall–Kier alpha value is -0.670. The molecule has 0 aliphatic rings. The fourth-order valence-corrected chi connectivity index (χ4v) is 1.22. The van der Waals surface area contributed by atoms with Crippen molar-refractivity contribution in [3.05, 3.63) is 21.7 Å². The van der Waals surface area contributed by atoms with Gasteiger partial charge in [-0.25, -0.2) is 9.97 Å². The summed E-state index contributed by atoms with van der Waals surface area (Å²) in [5, 5.41) is 0.226. The SMILES string of the molecule is CCc1nc(Cl)c(C=O)c(Cl)n1. The highest BCUT2D eigenvalue weighted by Gasteiger charge is 2.08. The number of rotatable bonds is 2. The van der Waals surface area contributed by atoms with Gasteiger partial charge in [0.15, 0.2) is 6.29 Å². The van der Waals surface area contributed by atoms with E-state index in [0.717, 1.165) is 0 Å². The van der Waals surface area contributed by atoms with Crippen molar-refractivity contribution in [2.24, 2.45) is 0 Å². The molecule has 1 aromatic rings. The summed E-state index contributed by atoms with van der Waals surface area (Å²) in [5.41, 5.74) is 0.149. The largest absolute Gasteiger partial charge is 0.298 e. The van der Waals surface area contributed by atoms with Crippen LogP contribution in [-0.4, -0.2) is 16.3 Å². The van der Waals surface area contributed by atoms with Crippen LogP contribution in [0.15, 0.2) is 0 Å². The van der Waals surface area contributed by atoms with Gasteiger partial charge in [0.25, 0.3) is 0 Å². The van der Waals surface area contributed by atoms with Gasteiger partial charge in [-0.05, 0) is 0 Å². The van der Waals surface area contributed by atoms with Gasteiger partial charge in [0.05, 0.1) is 5.56 Å². The van der Waals surface area contributed by atoms with E-state index in [4.69, 9.17) is 23.2 Å². The Kier molecular flexibility index (Phi) is 3.00. The topological polar surface area (TPSA) is 42.9 Å². The van der Waals surface area contributed by atoms with Gasteiger partial charge in [-0.1, -0.05) is 30.1 Å². The molecule has 0 radical (unpaired) electrons. The maximum atomic E-state index is 10.4. The van der Waals surface area contributed by atoms with Crippen LogP contribution in [0, 0.1) is 0 Å². The standard InChI is InChI=1S/C7H6Cl2N2O/c1-2-5-10-6(8)4(3-12)7(9)11-5/h3H,2H2,1H3. The van der Waals surface area contributed by atoms with Gasteiger partial charge < -0.3 is 0 Å². The Labute approximate surface area is 79.7 Å². The smallest absolute Gasteiger partial charge is 0.156 e. The Morgan fingerprint density at radius 2 is 1.83 bits per heavy atom. The summed E-state index contributed by atoms with van der Waals surface area (Å²) in [4.78, 5) is 18.1. The molecule has 5 heteroatoms. The zero-order valence-corrected chi connectivity index (χ0v) is 7.85. The van der Waals surface area contributed by atoms with Crippen LogP contribution >= 0.6 is 23.2 Å². The summed E-state index contributed by atoms with van der Waals surface area (Å²) in [6.07, 6.45) is 1.18. The van der Waals surface area contributed by atoms with Gasteiger partial charge in [0, 0.05) is 6.42 Å². The molecule has 0 unspecified atom stereocenters. The Balaban J connectivity index is 3.27. The highest BCUT2D eigenvalue weighted by molar-refractivity contribution is 6.36. The first-order valence-electron chi connectivity index (χ1n) is 3.36. The lowest BCUT2D eigenvalue weighted by Gasteiger charge is -2.00. The summed E-state index contributed by atoms with van der Waals surface area (Å²) in [6.45, 7) is 1.88. The molecule has 0 saturated heterocycles. The van der Waals surface area contributed by atoms with Gasteiger partial charge in [-0.2, -0.15) is 0 Å². The third-order valence-corrected chi connectivity index (χ3v) is 1.91. The third kappa shape index (κ3) is 1.73. The van der Waals surface area contributed by atoms with Gasteiger partial charge >= 0.3 is 0 Å². The van der Waals surface area contributed by atoms with E-state index in [1.165, 1.54) is 0 Å². The molecule has 0 fully saturated rings. The summed E-state index contributed by atoms with van der Waals surface area (Å²) < 4.78 is 0. The van der Waals surface area contributed by atoms with Gasteiger partial charge in [0.1, 0.15) is 16.1 Å². The number of nitrogens with zero attached hydrogens (tertiary/aromatic N) is 2. The fraction of sp³-hybridized carbons (Fsp3) is 0.286. The molecule has 64 valence electrons. The second-order valence-corrected chi connectivity index (χ2v) is 2.82. The number of hydrogen-bond acceptors (Lipinski definition) is 3. The minimum atomic E-state index is 0.113. The van der Waals surface area contributed by atoms with E-state index >= 15 is 0 Å². The van der Waals surface area contributed by atoms with Crippen molar-refractivity contribution in [3.63, 3.8) is 0 Å². The first kappa shape index (κ1) is 9.42. The van der Waals surface area contributed by atoms with E-state index in [-0.39, 0.29) is 15.9 Å². The monoisotopic (exact) mass is 204 g/mol. The Morgan fingerprint density at radius 1 is 1.33 bits per heavy atom. The predicted molar refractivity (Wildman–Crippen MR) is 46.8 cm³/mol. The lowest BCUT2D eigenvalue weighted by molar-refractivity contribution is 0.112. The summed E-state index contributed by atoms with van der Waals surface area (Å²) in [6, 6.07) is 0. The average molecular weight is 205 g/mol. The zero-order valence-electron chi connectivity index (χ0n) is 6.34. The number of carbonyl (C=O) groups is 1. The summed E-state index contributed by atoms with van der Waals surface area (Å²) in [7, 11) is 0. The molecule has 0 aliphatic carbocycles. The molecule has 0 aliphatic heterocycles. The van der Waals surface area contributed by atoms with Crippen molar-refractivity contribution >= 4 is 29.5 Å². The first-order valence-corrected chi connectivity index (χ1v) is 4.11. The summed E-state index contributed by atoms with van der Waals surface area (Å²) >= 11 is 11.3. The molecular weight excluding hydrogens is 199 g/mol. The van der Waals surface area contributed by atoms with Crippen molar-refractivity contribution < 1.29 is 4.79 Å². The quantitative estimate of drug-likeness (QED) is 0.548. The number of halogens is 2. The maximum absolute atomic E-state index is 10.4. The molecule has 1 aromatic heterocycles. The number of aromatic nitrogens is 2. The van der Waals surface area contributed by atoms with Crippen LogP contribution in [-0.2, 0) is 6.42 Å². The van der Waals surface area contributed by atoms with Gasteiger partial charge in [0.2, 0.25) is 0 Å². The molecule has 0 saturated carbocycles. The molecule has 1 rings (SSSR count). The molecular formula is C7H6Cl2N2O. The molecule has 1 heterocycles. The van der Waals surface area contributed by atoms with Crippen LogP contribution in [0.4, 0.5) is 0 Å². The Morgan fingerprint density at radius 3 is 2.17 bits per heavy atom. The van der Waals surface area contributed by atoms with E-state index < -0.39 is 0 Å². The lowest BCUT2D eigenvalue weighted by Crippen LogP contribution is -1.98. The average Bonchev–Trinajstić information content (AvgIpc) is 2.03. The van der Waals surface area contributed by atoms with Crippen molar-refractivity contribution in [1.29, 1.82) is 0 Å². The van der Waals surface area contributed by atoms with Gasteiger partial charge in [-0.3, -0.25) is 4.79 Å².